The van der Waals surface area contributed by atoms with Gasteiger partial charge in [0.1, 0.15) is 0 Å². The number of rotatable bonds is 3. The molecule has 4 heteroatoms. The number of halogens is 1. The molecule has 0 saturated heterocycles. The average Bonchev–Trinajstić information content (AvgIpc) is 2.16. The maximum atomic E-state index is 4.25. The van der Waals surface area contributed by atoms with E-state index in [1.807, 2.05) is 7.05 Å². The Kier molecular flexibility index (Phi) is 3.86. The Morgan fingerprint density at radius 3 is 2.14 bits per heavy atom. The number of aromatic nitrogens is 2. The van der Waals surface area contributed by atoms with Gasteiger partial charge in [-0.25, -0.2) is 9.97 Å². The molecular weight excluding hydrogens is 242 g/mol. The van der Waals surface area contributed by atoms with E-state index in [9.17, 15) is 0 Å². The normalized spacial score (nSPS) is 13.0. The van der Waals surface area contributed by atoms with Gasteiger partial charge in [-0.05, 0) is 28.8 Å². The minimum Gasteiger partial charge on any atom is -0.341 e. The maximum absolute atomic E-state index is 4.25. The summed E-state index contributed by atoms with van der Waals surface area (Å²) in [6.07, 6.45) is 3.54. The molecule has 0 aliphatic heterocycles. The van der Waals surface area contributed by atoms with Crippen molar-refractivity contribution in [2.24, 2.45) is 5.92 Å². The molecule has 0 radical (unpaired) electrons. The topological polar surface area (TPSA) is 29.0 Å². The molecule has 0 amide bonds. The van der Waals surface area contributed by atoms with Crippen LogP contribution >= 0.6 is 15.9 Å². The number of hydrogen-bond acceptors (Lipinski definition) is 3. The van der Waals surface area contributed by atoms with Gasteiger partial charge in [-0.15, -0.1) is 0 Å². The van der Waals surface area contributed by atoms with Crippen molar-refractivity contribution in [3.8, 4) is 0 Å². The molecule has 1 unspecified atom stereocenters. The van der Waals surface area contributed by atoms with E-state index in [-0.39, 0.29) is 0 Å². The number of hydrogen-bond donors (Lipinski definition) is 0. The molecule has 0 fully saturated rings. The van der Waals surface area contributed by atoms with Gasteiger partial charge in [-0.2, -0.15) is 0 Å². The van der Waals surface area contributed by atoms with E-state index >= 15 is 0 Å². The Balaban J connectivity index is 2.78. The van der Waals surface area contributed by atoms with Crippen LogP contribution in [-0.4, -0.2) is 23.1 Å². The molecule has 0 spiro atoms. The highest BCUT2D eigenvalue weighted by Crippen LogP contribution is 2.15. The molecule has 1 atom stereocenters. The maximum Gasteiger partial charge on any atom is 0.225 e. The summed E-state index contributed by atoms with van der Waals surface area (Å²) in [5.41, 5.74) is 0. The lowest BCUT2D eigenvalue weighted by Crippen LogP contribution is -2.34. The molecule has 1 heterocycles. The summed E-state index contributed by atoms with van der Waals surface area (Å²) in [4.78, 5) is 10.6. The molecule has 78 valence electrons. The average molecular weight is 258 g/mol. The zero-order valence-corrected chi connectivity index (χ0v) is 10.6. The van der Waals surface area contributed by atoms with Crippen molar-refractivity contribution >= 4 is 21.9 Å². The van der Waals surface area contributed by atoms with Gasteiger partial charge >= 0.3 is 0 Å². The Morgan fingerprint density at radius 2 is 1.71 bits per heavy atom. The van der Waals surface area contributed by atoms with Crippen molar-refractivity contribution in [1.82, 2.24) is 9.97 Å². The van der Waals surface area contributed by atoms with Gasteiger partial charge in [0, 0.05) is 25.5 Å². The first kappa shape index (κ1) is 11.4. The molecular formula is C10H16BrN3. The summed E-state index contributed by atoms with van der Waals surface area (Å²) >= 11 is 3.32. The smallest absolute Gasteiger partial charge is 0.225 e. The van der Waals surface area contributed by atoms with Crippen LogP contribution in [-0.2, 0) is 0 Å². The molecule has 0 aliphatic carbocycles. The minimum absolute atomic E-state index is 0.441. The second-order valence-electron chi connectivity index (χ2n) is 3.80. The van der Waals surface area contributed by atoms with Crippen LogP contribution in [0.25, 0.3) is 0 Å². The molecule has 1 aromatic heterocycles. The van der Waals surface area contributed by atoms with Crippen molar-refractivity contribution in [3.05, 3.63) is 16.9 Å². The van der Waals surface area contributed by atoms with E-state index in [0.29, 0.717) is 12.0 Å². The second kappa shape index (κ2) is 4.73. The monoisotopic (exact) mass is 257 g/mol. The van der Waals surface area contributed by atoms with E-state index in [1.54, 1.807) is 12.4 Å². The Labute approximate surface area is 93.7 Å². The predicted molar refractivity (Wildman–Crippen MR) is 62.4 cm³/mol. The zero-order valence-electron chi connectivity index (χ0n) is 9.03. The molecule has 0 N–H and O–H groups in total. The van der Waals surface area contributed by atoms with Crippen LogP contribution in [0.3, 0.4) is 0 Å². The van der Waals surface area contributed by atoms with Crippen molar-refractivity contribution in [2.75, 3.05) is 11.9 Å². The lowest BCUT2D eigenvalue weighted by molar-refractivity contribution is 0.499. The summed E-state index contributed by atoms with van der Waals surface area (Å²) in [5, 5.41) is 0. The van der Waals surface area contributed by atoms with E-state index < -0.39 is 0 Å². The van der Waals surface area contributed by atoms with Crippen molar-refractivity contribution in [3.63, 3.8) is 0 Å². The van der Waals surface area contributed by atoms with Crippen LogP contribution in [0.15, 0.2) is 16.9 Å². The summed E-state index contributed by atoms with van der Waals surface area (Å²) in [5.74, 6) is 1.36. The van der Waals surface area contributed by atoms with Crippen LogP contribution < -0.4 is 4.90 Å². The molecule has 14 heavy (non-hydrogen) atoms. The molecule has 0 aromatic carbocycles. The van der Waals surface area contributed by atoms with E-state index in [4.69, 9.17) is 0 Å². The molecule has 1 aromatic rings. The third kappa shape index (κ3) is 2.67. The van der Waals surface area contributed by atoms with Gasteiger partial charge in [-0.1, -0.05) is 13.8 Å². The first-order chi connectivity index (χ1) is 6.52. The van der Waals surface area contributed by atoms with Crippen molar-refractivity contribution < 1.29 is 0 Å². The first-order valence-electron chi connectivity index (χ1n) is 4.72. The molecule has 0 aliphatic rings. The Hall–Kier alpha value is -0.640. The minimum atomic E-state index is 0.441. The molecule has 3 nitrogen and oxygen atoms in total. The van der Waals surface area contributed by atoms with Crippen LogP contribution in [0, 0.1) is 5.92 Å². The lowest BCUT2D eigenvalue weighted by atomic mass is 10.1. The highest BCUT2D eigenvalue weighted by Gasteiger charge is 2.15. The van der Waals surface area contributed by atoms with E-state index in [2.05, 4.69) is 51.6 Å². The summed E-state index contributed by atoms with van der Waals surface area (Å²) in [6, 6.07) is 0.441. The van der Waals surface area contributed by atoms with Crippen LogP contribution in [0.1, 0.15) is 20.8 Å². The largest absolute Gasteiger partial charge is 0.341 e. The van der Waals surface area contributed by atoms with Gasteiger partial charge in [0.05, 0.1) is 4.47 Å². The summed E-state index contributed by atoms with van der Waals surface area (Å²) < 4.78 is 0.909. The molecule has 1 rings (SSSR count). The zero-order chi connectivity index (χ0) is 10.7. The first-order valence-corrected chi connectivity index (χ1v) is 5.52. The summed E-state index contributed by atoms with van der Waals surface area (Å²) in [7, 11) is 2.02. The second-order valence-corrected chi connectivity index (χ2v) is 4.71. The van der Waals surface area contributed by atoms with Gasteiger partial charge in [0.2, 0.25) is 5.95 Å². The van der Waals surface area contributed by atoms with Crippen LogP contribution in [0.4, 0.5) is 5.95 Å². The third-order valence-corrected chi connectivity index (χ3v) is 2.91. The SMILES string of the molecule is CC(C)C(C)N(C)c1ncc(Br)cn1. The van der Waals surface area contributed by atoms with Gasteiger partial charge in [-0.3, -0.25) is 0 Å². The van der Waals surface area contributed by atoms with Crippen LogP contribution in [0.2, 0.25) is 0 Å². The fourth-order valence-electron chi connectivity index (χ4n) is 1.12. The fraction of sp³-hybridized carbons (Fsp3) is 0.600. The van der Waals surface area contributed by atoms with Gasteiger partial charge < -0.3 is 4.90 Å². The van der Waals surface area contributed by atoms with E-state index in [0.717, 1.165) is 10.4 Å². The summed E-state index contributed by atoms with van der Waals surface area (Å²) in [6.45, 7) is 6.57. The quantitative estimate of drug-likeness (QED) is 0.834. The Morgan fingerprint density at radius 1 is 1.21 bits per heavy atom. The number of nitrogens with zero attached hydrogens (tertiary/aromatic N) is 3. The van der Waals surface area contributed by atoms with Crippen molar-refractivity contribution in [1.29, 1.82) is 0 Å². The Bertz CT molecular complexity index is 284. The van der Waals surface area contributed by atoms with E-state index in [1.165, 1.54) is 0 Å². The van der Waals surface area contributed by atoms with Crippen molar-refractivity contribution in [2.45, 2.75) is 26.8 Å². The molecule has 0 saturated carbocycles. The van der Waals surface area contributed by atoms with Crippen LogP contribution in [0.5, 0.6) is 0 Å². The van der Waals surface area contributed by atoms with Gasteiger partial charge in [0.15, 0.2) is 0 Å². The fourth-order valence-corrected chi connectivity index (χ4v) is 1.32. The number of anilines is 1. The lowest BCUT2D eigenvalue weighted by Gasteiger charge is -2.27. The predicted octanol–water partition coefficient (Wildman–Crippen LogP) is 2.72. The highest BCUT2D eigenvalue weighted by atomic mass is 79.9. The standard InChI is InChI=1S/C10H16BrN3/c1-7(2)8(3)14(4)10-12-5-9(11)6-13-10/h5-8H,1-4H3. The third-order valence-electron chi connectivity index (χ3n) is 2.50. The van der Waals surface area contributed by atoms with Gasteiger partial charge in [0.25, 0.3) is 0 Å². The molecule has 0 bridgehead atoms. The highest BCUT2D eigenvalue weighted by molar-refractivity contribution is 9.10.